The van der Waals surface area contributed by atoms with Crippen molar-refractivity contribution in [3.63, 3.8) is 0 Å². The first-order valence-corrected chi connectivity index (χ1v) is 7.87. The van der Waals surface area contributed by atoms with E-state index < -0.39 is 0 Å². The average Bonchev–Trinajstić information content (AvgIpc) is 2.38. The highest BCUT2D eigenvalue weighted by Crippen LogP contribution is 2.34. The molecule has 0 bridgehead atoms. The maximum Gasteiger partial charge on any atom is 0.0603 e. The summed E-state index contributed by atoms with van der Waals surface area (Å²) >= 11 is 16.2. The molecule has 0 saturated carbocycles. The van der Waals surface area contributed by atoms with E-state index in [2.05, 4.69) is 41.2 Å². The Bertz CT molecular complexity index is 641. The molecule has 0 aromatic heterocycles. The molecule has 0 aliphatic rings. The second-order valence-corrected chi connectivity index (χ2v) is 6.58. The second kappa shape index (κ2) is 6.48. The number of benzene rings is 2. The van der Waals surface area contributed by atoms with Crippen molar-refractivity contribution in [3.05, 3.63) is 67.1 Å². The summed E-state index contributed by atoms with van der Waals surface area (Å²) < 4.78 is 0.965. The normalized spacial score (nSPS) is 12.5. The van der Waals surface area contributed by atoms with Gasteiger partial charge in [-0.05, 0) is 61.3 Å². The highest BCUT2D eigenvalue weighted by Gasteiger charge is 2.18. The topological polar surface area (TPSA) is 12.0 Å². The van der Waals surface area contributed by atoms with Gasteiger partial charge in [0.15, 0.2) is 0 Å². The van der Waals surface area contributed by atoms with Crippen LogP contribution in [0, 0.1) is 13.8 Å². The number of nitrogens with one attached hydrogen (secondary N) is 1. The van der Waals surface area contributed by atoms with E-state index in [-0.39, 0.29) is 6.04 Å². The minimum Gasteiger partial charge on any atom is -0.309 e. The molecule has 0 spiro atoms. The van der Waals surface area contributed by atoms with Gasteiger partial charge in [0.1, 0.15) is 0 Å². The molecule has 0 amide bonds. The van der Waals surface area contributed by atoms with Crippen molar-refractivity contribution in [3.8, 4) is 0 Å². The summed E-state index contributed by atoms with van der Waals surface area (Å²) in [5.41, 5.74) is 4.47. The van der Waals surface area contributed by atoms with Crippen LogP contribution in [0.1, 0.15) is 28.3 Å². The molecule has 4 heteroatoms. The van der Waals surface area contributed by atoms with E-state index >= 15 is 0 Å². The van der Waals surface area contributed by atoms with Gasteiger partial charge in [-0.3, -0.25) is 0 Å². The van der Waals surface area contributed by atoms with Gasteiger partial charge in [0.2, 0.25) is 0 Å². The lowest BCUT2D eigenvalue weighted by Gasteiger charge is -2.21. The first-order chi connectivity index (χ1) is 9.43. The van der Waals surface area contributed by atoms with Crippen LogP contribution in [0.15, 0.2) is 34.8 Å². The number of rotatable bonds is 3. The SMILES string of the molecule is CNC(c1ccc(Br)cc1Cl)c1cc(C)c(C)cc1Cl. The molecule has 1 unspecified atom stereocenters. The van der Waals surface area contributed by atoms with E-state index in [1.807, 2.05) is 31.3 Å². The van der Waals surface area contributed by atoms with Gasteiger partial charge in [-0.2, -0.15) is 0 Å². The number of halogens is 3. The molecular formula is C16H16BrCl2N. The average molecular weight is 373 g/mol. The zero-order valence-electron chi connectivity index (χ0n) is 11.6. The molecular weight excluding hydrogens is 357 g/mol. The third kappa shape index (κ3) is 3.20. The first kappa shape index (κ1) is 15.8. The van der Waals surface area contributed by atoms with Crippen LogP contribution in [-0.2, 0) is 0 Å². The Labute approximate surface area is 138 Å². The summed E-state index contributed by atoms with van der Waals surface area (Å²) in [6.07, 6.45) is 0. The van der Waals surface area contributed by atoms with Gasteiger partial charge in [0.05, 0.1) is 6.04 Å². The highest BCUT2D eigenvalue weighted by atomic mass is 79.9. The Hall–Kier alpha value is -0.540. The van der Waals surface area contributed by atoms with Crippen molar-refractivity contribution in [2.75, 3.05) is 7.05 Å². The summed E-state index contributed by atoms with van der Waals surface area (Å²) in [7, 11) is 1.91. The lowest BCUT2D eigenvalue weighted by Crippen LogP contribution is -2.18. The molecule has 0 radical (unpaired) electrons. The molecule has 0 heterocycles. The summed E-state index contributed by atoms with van der Waals surface area (Å²) in [6, 6.07) is 10.00. The Morgan fingerprint density at radius 2 is 1.55 bits per heavy atom. The minimum atomic E-state index is -0.0256. The number of hydrogen-bond acceptors (Lipinski definition) is 1. The molecule has 2 rings (SSSR count). The first-order valence-electron chi connectivity index (χ1n) is 6.33. The second-order valence-electron chi connectivity index (χ2n) is 4.85. The third-order valence-corrected chi connectivity index (χ3v) is 4.63. The predicted molar refractivity (Wildman–Crippen MR) is 91.0 cm³/mol. The maximum absolute atomic E-state index is 6.42. The summed E-state index contributed by atoms with van der Waals surface area (Å²) in [5.74, 6) is 0. The smallest absolute Gasteiger partial charge is 0.0603 e. The molecule has 0 saturated heterocycles. The van der Waals surface area contributed by atoms with Crippen molar-refractivity contribution < 1.29 is 0 Å². The van der Waals surface area contributed by atoms with Crippen LogP contribution in [0.2, 0.25) is 10.0 Å². The lowest BCUT2D eigenvalue weighted by atomic mass is 9.95. The van der Waals surface area contributed by atoms with Gasteiger partial charge in [-0.25, -0.2) is 0 Å². The molecule has 2 aromatic rings. The van der Waals surface area contributed by atoms with Crippen LogP contribution in [0.5, 0.6) is 0 Å². The fourth-order valence-corrected chi connectivity index (χ4v) is 3.35. The molecule has 2 aromatic carbocycles. The molecule has 20 heavy (non-hydrogen) atoms. The Morgan fingerprint density at radius 3 is 2.15 bits per heavy atom. The predicted octanol–water partition coefficient (Wildman–Crippen LogP) is 5.68. The van der Waals surface area contributed by atoms with Crippen molar-refractivity contribution >= 4 is 39.1 Å². The van der Waals surface area contributed by atoms with Crippen molar-refractivity contribution in [2.24, 2.45) is 0 Å². The van der Waals surface area contributed by atoms with Gasteiger partial charge in [0.25, 0.3) is 0 Å². The molecule has 1 nitrogen and oxygen atoms in total. The summed E-state index contributed by atoms with van der Waals surface area (Å²) in [5, 5.41) is 4.77. The van der Waals surface area contributed by atoms with Crippen molar-refractivity contribution in [2.45, 2.75) is 19.9 Å². The van der Waals surface area contributed by atoms with Crippen LogP contribution in [0.3, 0.4) is 0 Å². The standard InChI is InChI=1S/C16H16BrCl2N/c1-9-6-13(14(18)7-10(9)2)16(20-3)12-5-4-11(17)8-15(12)19/h4-8,16,20H,1-3H3. The minimum absolute atomic E-state index is 0.0256. The highest BCUT2D eigenvalue weighted by molar-refractivity contribution is 9.10. The Balaban J connectivity index is 2.55. The zero-order chi connectivity index (χ0) is 14.9. The quantitative estimate of drug-likeness (QED) is 0.730. The maximum atomic E-state index is 6.42. The van der Waals surface area contributed by atoms with Crippen LogP contribution in [-0.4, -0.2) is 7.05 Å². The van der Waals surface area contributed by atoms with E-state index in [0.29, 0.717) is 5.02 Å². The number of hydrogen-bond donors (Lipinski definition) is 1. The molecule has 1 N–H and O–H groups in total. The molecule has 1 atom stereocenters. The van der Waals surface area contributed by atoms with Crippen LogP contribution >= 0.6 is 39.1 Å². The van der Waals surface area contributed by atoms with Gasteiger partial charge in [-0.1, -0.05) is 51.3 Å². The fraction of sp³-hybridized carbons (Fsp3) is 0.250. The van der Waals surface area contributed by atoms with Crippen LogP contribution < -0.4 is 5.32 Å². The van der Waals surface area contributed by atoms with Crippen LogP contribution in [0.25, 0.3) is 0 Å². The van der Waals surface area contributed by atoms with Crippen LogP contribution in [0.4, 0.5) is 0 Å². The Morgan fingerprint density at radius 1 is 0.950 bits per heavy atom. The largest absolute Gasteiger partial charge is 0.309 e. The summed E-state index contributed by atoms with van der Waals surface area (Å²) in [4.78, 5) is 0. The third-order valence-electron chi connectivity index (χ3n) is 3.49. The number of aryl methyl sites for hydroxylation is 2. The molecule has 0 aliphatic heterocycles. The molecule has 106 valence electrons. The van der Waals surface area contributed by atoms with E-state index in [1.165, 1.54) is 11.1 Å². The van der Waals surface area contributed by atoms with E-state index in [1.54, 1.807) is 0 Å². The zero-order valence-corrected chi connectivity index (χ0v) is 14.7. The van der Waals surface area contributed by atoms with Gasteiger partial charge >= 0.3 is 0 Å². The van der Waals surface area contributed by atoms with Crippen molar-refractivity contribution in [1.82, 2.24) is 5.32 Å². The van der Waals surface area contributed by atoms with Gasteiger partial charge in [0, 0.05) is 14.5 Å². The van der Waals surface area contributed by atoms with E-state index in [0.717, 1.165) is 20.6 Å². The fourth-order valence-electron chi connectivity index (χ4n) is 2.24. The lowest BCUT2D eigenvalue weighted by molar-refractivity contribution is 0.691. The van der Waals surface area contributed by atoms with E-state index in [4.69, 9.17) is 23.2 Å². The van der Waals surface area contributed by atoms with Gasteiger partial charge < -0.3 is 5.32 Å². The summed E-state index contributed by atoms with van der Waals surface area (Å²) in [6.45, 7) is 4.15. The van der Waals surface area contributed by atoms with Crippen molar-refractivity contribution in [1.29, 1.82) is 0 Å². The molecule has 0 fully saturated rings. The van der Waals surface area contributed by atoms with Gasteiger partial charge in [-0.15, -0.1) is 0 Å². The van der Waals surface area contributed by atoms with E-state index in [9.17, 15) is 0 Å². The Kier molecular flexibility index (Phi) is 5.14. The monoisotopic (exact) mass is 371 g/mol. The molecule has 0 aliphatic carbocycles.